The molecule has 1 aliphatic rings. The van der Waals surface area contributed by atoms with Gasteiger partial charge < -0.3 is 15.3 Å². The zero-order chi connectivity index (χ0) is 24.9. The van der Waals surface area contributed by atoms with Gasteiger partial charge in [0.25, 0.3) is 0 Å². The molecule has 0 aromatic heterocycles. The first-order valence-corrected chi connectivity index (χ1v) is 12.8. The lowest BCUT2D eigenvalue weighted by Gasteiger charge is -2.23. The van der Waals surface area contributed by atoms with Gasteiger partial charge in [-0.1, -0.05) is 30.3 Å². The van der Waals surface area contributed by atoms with Crippen LogP contribution in [0, 0.1) is 0 Å². The number of rotatable bonds is 10. The number of aromatic carboxylic acids is 1. The van der Waals surface area contributed by atoms with E-state index in [2.05, 4.69) is 17.9 Å². The monoisotopic (exact) mass is 505 g/mol. The van der Waals surface area contributed by atoms with Crippen molar-refractivity contribution in [3.8, 4) is 0 Å². The van der Waals surface area contributed by atoms with E-state index in [9.17, 15) is 22.8 Å². The highest BCUT2D eigenvalue weighted by Gasteiger charge is 2.41. The van der Waals surface area contributed by atoms with Crippen molar-refractivity contribution >= 4 is 46.0 Å². The third-order valence-electron chi connectivity index (χ3n) is 5.61. The lowest BCUT2D eigenvalue weighted by Crippen LogP contribution is -2.45. The van der Waals surface area contributed by atoms with Crippen molar-refractivity contribution in [1.82, 2.24) is 9.62 Å². The fourth-order valence-corrected chi connectivity index (χ4v) is 6.02. The number of sulfonamides is 1. The number of benzene rings is 2. The fourth-order valence-electron chi connectivity index (χ4n) is 3.75. The van der Waals surface area contributed by atoms with E-state index in [0.717, 1.165) is 0 Å². The number of hydrogen-bond donors (Lipinski definition) is 3. The molecular weight excluding hydrogens is 478 g/mol. The minimum Gasteiger partial charge on any atom is -0.478 e. The molecule has 2 unspecified atom stereocenters. The van der Waals surface area contributed by atoms with Crippen molar-refractivity contribution in [2.24, 2.45) is 0 Å². The van der Waals surface area contributed by atoms with Gasteiger partial charge >= 0.3 is 5.97 Å². The van der Waals surface area contributed by atoms with Gasteiger partial charge in [-0.05, 0) is 36.2 Å². The van der Waals surface area contributed by atoms with E-state index >= 15 is 0 Å². The van der Waals surface area contributed by atoms with Crippen molar-refractivity contribution < 1.29 is 27.9 Å². The summed E-state index contributed by atoms with van der Waals surface area (Å²) in [6, 6.07) is 13.8. The van der Waals surface area contributed by atoms with Crippen molar-refractivity contribution in [3.05, 3.63) is 65.7 Å². The Morgan fingerprint density at radius 1 is 1.09 bits per heavy atom. The summed E-state index contributed by atoms with van der Waals surface area (Å²) in [5.74, 6) is -1.91. The molecule has 0 spiro atoms. The van der Waals surface area contributed by atoms with Crippen LogP contribution in [0.1, 0.15) is 22.3 Å². The summed E-state index contributed by atoms with van der Waals surface area (Å²) in [6.07, 6.45) is 0.307. The van der Waals surface area contributed by atoms with Gasteiger partial charge in [-0.15, -0.1) is 0 Å². The molecular formula is C23H27N3O6S2. The van der Waals surface area contributed by atoms with Crippen molar-refractivity contribution in [3.63, 3.8) is 0 Å². The Bertz CT molecular complexity index is 1140. The summed E-state index contributed by atoms with van der Waals surface area (Å²) in [7, 11) is -2.18. The predicted octanol–water partition coefficient (Wildman–Crippen LogP) is 1.41. The average molecular weight is 506 g/mol. The van der Waals surface area contributed by atoms with Gasteiger partial charge in [0.1, 0.15) is 0 Å². The molecule has 3 rings (SSSR count). The van der Waals surface area contributed by atoms with Crippen LogP contribution in [0.15, 0.2) is 54.6 Å². The average Bonchev–Trinajstić information content (AvgIpc) is 3.22. The number of thiol groups is 1. The third kappa shape index (κ3) is 6.44. The van der Waals surface area contributed by atoms with E-state index in [-0.39, 0.29) is 47.9 Å². The molecule has 2 aromatic rings. The quantitative estimate of drug-likeness (QED) is 0.417. The lowest BCUT2D eigenvalue weighted by molar-refractivity contribution is -0.121. The standard InChI is InChI=1S/C23H27N3O6S2/c1-25(18-9-7-17(8-10-18)23(29)30)22(28)13-24-12-21(27)20-11-19(33)14-26(20)34(31,32)15-16-5-3-2-4-6-16/h2-10,19-20,24,33H,11-15H2,1H3,(H,29,30). The minimum absolute atomic E-state index is 0.110. The first kappa shape index (κ1) is 25.9. The van der Waals surface area contributed by atoms with Crippen molar-refractivity contribution in [1.29, 1.82) is 0 Å². The minimum atomic E-state index is -3.72. The molecule has 9 nitrogen and oxygen atoms in total. The van der Waals surface area contributed by atoms with Crippen LogP contribution in [0.5, 0.6) is 0 Å². The van der Waals surface area contributed by atoms with Crippen LogP contribution >= 0.6 is 12.6 Å². The molecule has 34 heavy (non-hydrogen) atoms. The Labute approximate surface area is 204 Å². The van der Waals surface area contributed by atoms with E-state index in [0.29, 0.717) is 17.7 Å². The first-order chi connectivity index (χ1) is 16.1. The molecule has 182 valence electrons. The maximum absolute atomic E-state index is 13.0. The summed E-state index contributed by atoms with van der Waals surface area (Å²) in [5, 5.41) is 11.5. The first-order valence-electron chi connectivity index (χ1n) is 10.6. The molecule has 0 bridgehead atoms. The molecule has 1 fully saturated rings. The molecule has 1 heterocycles. The van der Waals surface area contributed by atoms with E-state index in [1.807, 2.05) is 0 Å². The normalized spacial score (nSPS) is 18.5. The van der Waals surface area contributed by atoms with E-state index in [4.69, 9.17) is 5.11 Å². The van der Waals surface area contributed by atoms with Gasteiger partial charge in [-0.2, -0.15) is 16.9 Å². The molecule has 11 heteroatoms. The second kappa shape index (κ2) is 11.1. The molecule has 2 atom stereocenters. The molecule has 0 saturated carbocycles. The van der Waals surface area contributed by atoms with Crippen LogP contribution < -0.4 is 10.2 Å². The molecule has 0 aliphatic carbocycles. The Hall–Kier alpha value is -2.73. The highest BCUT2D eigenvalue weighted by Crippen LogP contribution is 2.27. The van der Waals surface area contributed by atoms with E-state index in [1.165, 1.54) is 33.5 Å². The molecule has 2 N–H and O–H groups in total. The van der Waals surface area contributed by atoms with Crippen molar-refractivity contribution in [2.75, 3.05) is 31.6 Å². The maximum Gasteiger partial charge on any atom is 0.335 e. The molecule has 0 radical (unpaired) electrons. The summed E-state index contributed by atoms with van der Waals surface area (Å²) in [4.78, 5) is 37.6. The van der Waals surface area contributed by atoms with Gasteiger partial charge in [-0.3, -0.25) is 9.59 Å². The number of nitrogens with one attached hydrogen (secondary N) is 1. The van der Waals surface area contributed by atoms with Gasteiger partial charge in [0, 0.05) is 24.5 Å². The maximum atomic E-state index is 13.0. The number of likely N-dealkylation sites (N-methyl/N-ethyl adjacent to an activating group) is 1. The van der Waals surface area contributed by atoms with Crippen LogP contribution in [0.25, 0.3) is 0 Å². The molecule has 1 aliphatic heterocycles. The number of amides is 1. The number of nitrogens with zero attached hydrogens (tertiary/aromatic N) is 2. The van der Waals surface area contributed by atoms with Crippen LogP contribution in [-0.2, 0) is 25.4 Å². The summed E-state index contributed by atoms with van der Waals surface area (Å²) in [6.45, 7) is -0.153. The smallest absolute Gasteiger partial charge is 0.335 e. The number of Topliss-reactive ketones (excluding diaryl/α,β-unsaturated/α-hetero) is 1. The van der Waals surface area contributed by atoms with Gasteiger partial charge in [0.15, 0.2) is 5.78 Å². The highest BCUT2D eigenvalue weighted by atomic mass is 32.2. The number of ketones is 1. The topological polar surface area (TPSA) is 124 Å². The summed E-state index contributed by atoms with van der Waals surface area (Å²) < 4.78 is 27.2. The molecule has 1 saturated heterocycles. The zero-order valence-corrected chi connectivity index (χ0v) is 20.3. The van der Waals surface area contributed by atoms with Gasteiger partial charge in [-0.25, -0.2) is 13.2 Å². The Balaban J connectivity index is 1.56. The summed E-state index contributed by atoms with van der Waals surface area (Å²) >= 11 is 4.40. The SMILES string of the molecule is CN(C(=O)CNCC(=O)C1CC(S)CN1S(=O)(=O)Cc1ccccc1)c1ccc(C(=O)O)cc1. The van der Waals surface area contributed by atoms with E-state index < -0.39 is 22.0 Å². The van der Waals surface area contributed by atoms with E-state index in [1.54, 1.807) is 37.4 Å². The van der Waals surface area contributed by atoms with Gasteiger partial charge in [0.05, 0.1) is 30.4 Å². The number of carboxylic acids is 1. The Morgan fingerprint density at radius 3 is 2.35 bits per heavy atom. The molecule has 1 amide bonds. The number of carbonyl (C=O) groups excluding carboxylic acids is 2. The largest absolute Gasteiger partial charge is 0.478 e. The fraction of sp³-hybridized carbons (Fsp3) is 0.348. The van der Waals surface area contributed by atoms with Gasteiger partial charge in [0.2, 0.25) is 15.9 Å². The number of carboxylic acid groups (broad SMARTS) is 1. The summed E-state index contributed by atoms with van der Waals surface area (Å²) in [5.41, 5.74) is 1.26. The van der Waals surface area contributed by atoms with Crippen LogP contribution in [0.4, 0.5) is 5.69 Å². The predicted molar refractivity (Wildman–Crippen MR) is 132 cm³/mol. The molecule has 2 aromatic carbocycles. The number of carbonyl (C=O) groups is 3. The Kier molecular flexibility index (Phi) is 8.47. The lowest BCUT2D eigenvalue weighted by atomic mass is 10.1. The number of hydrogen-bond acceptors (Lipinski definition) is 7. The van der Waals surface area contributed by atoms with Crippen LogP contribution in [-0.4, -0.2) is 73.5 Å². The highest BCUT2D eigenvalue weighted by molar-refractivity contribution is 7.88. The number of anilines is 1. The zero-order valence-electron chi connectivity index (χ0n) is 18.6. The van der Waals surface area contributed by atoms with Crippen LogP contribution in [0.3, 0.4) is 0 Å². The second-order valence-electron chi connectivity index (χ2n) is 8.09. The Morgan fingerprint density at radius 2 is 1.74 bits per heavy atom. The van der Waals surface area contributed by atoms with Crippen molar-refractivity contribution in [2.45, 2.75) is 23.5 Å². The second-order valence-corrected chi connectivity index (χ2v) is 10.7. The van der Waals surface area contributed by atoms with Crippen LogP contribution in [0.2, 0.25) is 0 Å². The third-order valence-corrected chi connectivity index (χ3v) is 7.80.